The van der Waals surface area contributed by atoms with Crippen molar-refractivity contribution in [3.05, 3.63) is 0 Å². The molecule has 0 aromatic heterocycles. The Morgan fingerprint density at radius 3 is 3.00 bits per heavy atom. The molecule has 1 unspecified atom stereocenters. The zero-order valence-electron chi connectivity index (χ0n) is 8.16. The number of hydrogen-bond donors (Lipinski definition) is 2. The highest BCUT2D eigenvalue weighted by molar-refractivity contribution is 5.88. The summed E-state index contributed by atoms with van der Waals surface area (Å²) in [7, 11) is 1.43. The number of methoxy groups -OCH3 is 1. The average molecular weight is 201 g/mol. The van der Waals surface area contributed by atoms with E-state index in [4.69, 9.17) is 10.5 Å². The molecule has 1 aliphatic rings. The van der Waals surface area contributed by atoms with Gasteiger partial charge in [-0.1, -0.05) is 0 Å². The minimum absolute atomic E-state index is 0.0959. The van der Waals surface area contributed by atoms with Crippen molar-refractivity contribution in [1.29, 1.82) is 0 Å². The molecule has 0 bridgehead atoms. The van der Waals surface area contributed by atoms with Crippen LogP contribution in [0.2, 0.25) is 0 Å². The lowest BCUT2D eigenvalue weighted by Crippen LogP contribution is -2.54. The molecule has 3 N–H and O–H groups in total. The lowest BCUT2D eigenvalue weighted by Gasteiger charge is -2.29. The molecule has 6 nitrogen and oxygen atoms in total. The lowest BCUT2D eigenvalue weighted by molar-refractivity contribution is -0.146. The van der Waals surface area contributed by atoms with E-state index < -0.39 is 6.10 Å². The van der Waals surface area contributed by atoms with E-state index in [9.17, 15) is 9.59 Å². The SMILES string of the molecule is COC(CN)C(=O)N1CCNC(=O)C1. The molecule has 6 heteroatoms. The van der Waals surface area contributed by atoms with Gasteiger partial charge in [0.15, 0.2) is 0 Å². The molecule has 1 fully saturated rings. The van der Waals surface area contributed by atoms with Crippen molar-refractivity contribution in [2.24, 2.45) is 5.73 Å². The van der Waals surface area contributed by atoms with Gasteiger partial charge in [0.2, 0.25) is 5.91 Å². The van der Waals surface area contributed by atoms with E-state index in [-0.39, 0.29) is 24.9 Å². The first kappa shape index (κ1) is 10.9. The van der Waals surface area contributed by atoms with Crippen LogP contribution in [0.25, 0.3) is 0 Å². The van der Waals surface area contributed by atoms with Gasteiger partial charge in [0.25, 0.3) is 5.91 Å². The zero-order valence-corrected chi connectivity index (χ0v) is 8.16. The molecule has 0 radical (unpaired) electrons. The van der Waals surface area contributed by atoms with Crippen molar-refractivity contribution in [2.45, 2.75) is 6.10 Å². The van der Waals surface area contributed by atoms with Gasteiger partial charge >= 0.3 is 0 Å². The summed E-state index contributed by atoms with van der Waals surface area (Å²) < 4.78 is 4.90. The highest BCUT2D eigenvalue weighted by Crippen LogP contribution is 2.00. The number of piperazine rings is 1. The summed E-state index contributed by atoms with van der Waals surface area (Å²) in [6.45, 7) is 1.24. The number of rotatable bonds is 3. The molecule has 0 aromatic carbocycles. The van der Waals surface area contributed by atoms with E-state index >= 15 is 0 Å². The Balaban J connectivity index is 2.54. The predicted molar refractivity (Wildman–Crippen MR) is 49.4 cm³/mol. The Kier molecular flexibility index (Phi) is 3.84. The van der Waals surface area contributed by atoms with Gasteiger partial charge in [0.1, 0.15) is 6.10 Å². The number of nitrogens with zero attached hydrogens (tertiary/aromatic N) is 1. The average Bonchev–Trinajstić information content (AvgIpc) is 2.19. The van der Waals surface area contributed by atoms with Crippen LogP contribution < -0.4 is 11.1 Å². The number of carbonyl (C=O) groups excluding carboxylic acids is 2. The van der Waals surface area contributed by atoms with E-state index in [1.807, 2.05) is 0 Å². The molecule has 1 saturated heterocycles. The number of ether oxygens (including phenoxy) is 1. The molecular formula is C8H15N3O3. The summed E-state index contributed by atoms with van der Waals surface area (Å²) in [6.07, 6.45) is -0.638. The van der Waals surface area contributed by atoms with Crippen LogP contribution in [0.5, 0.6) is 0 Å². The molecule has 2 amide bonds. The predicted octanol–water partition coefficient (Wildman–Crippen LogP) is -2.08. The Bertz CT molecular complexity index is 228. The van der Waals surface area contributed by atoms with Crippen LogP contribution in [0, 0.1) is 0 Å². The number of nitrogens with two attached hydrogens (primary N) is 1. The Labute approximate surface area is 82.4 Å². The molecule has 1 heterocycles. The fraction of sp³-hybridized carbons (Fsp3) is 0.750. The van der Waals surface area contributed by atoms with Crippen LogP contribution in [0.15, 0.2) is 0 Å². The molecular weight excluding hydrogens is 186 g/mol. The summed E-state index contributed by atoms with van der Waals surface area (Å²) in [5, 5.41) is 2.64. The summed E-state index contributed by atoms with van der Waals surface area (Å²) in [6, 6.07) is 0. The molecule has 0 saturated carbocycles. The van der Waals surface area contributed by atoms with Crippen LogP contribution in [0.3, 0.4) is 0 Å². The second-order valence-corrected chi connectivity index (χ2v) is 3.07. The summed E-state index contributed by atoms with van der Waals surface area (Å²) >= 11 is 0. The topological polar surface area (TPSA) is 84.7 Å². The van der Waals surface area contributed by atoms with Crippen LogP contribution in [-0.2, 0) is 14.3 Å². The largest absolute Gasteiger partial charge is 0.370 e. The Morgan fingerprint density at radius 2 is 2.50 bits per heavy atom. The van der Waals surface area contributed by atoms with Crippen LogP contribution in [0.1, 0.15) is 0 Å². The molecule has 0 spiro atoms. The molecule has 14 heavy (non-hydrogen) atoms. The van der Waals surface area contributed by atoms with Crippen molar-refractivity contribution in [1.82, 2.24) is 10.2 Å². The normalized spacial score (nSPS) is 19.0. The third-order valence-electron chi connectivity index (χ3n) is 2.12. The van der Waals surface area contributed by atoms with Gasteiger partial charge in [0, 0.05) is 26.7 Å². The number of nitrogens with one attached hydrogen (secondary N) is 1. The van der Waals surface area contributed by atoms with E-state index in [0.29, 0.717) is 13.1 Å². The fourth-order valence-corrected chi connectivity index (χ4v) is 1.33. The van der Waals surface area contributed by atoms with Gasteiger partial charge in [-0.3, -0.25) is 9.59 Å². The minimum atomic E-state index is -0.638. The maximum Gasteiger partial charge on any atom is 0.253 e. The third-order valence-corrected chi connectivity index (χ3v) is 2.12. The standard InChI is InChI=1S/C8H15N3O3/c1-14-6(4-9)8(13)11-3-2-10-7(12)5-11/h6H,2-5,9H2,1H3,(H,10,12). The molecule has 1 aliphatic heterocycles. The second-order valence-electron chi connectivity index (χ2n) is 3.07. The fourth-order valence-electron chi connectivity index (χ4n) is 1.33. The van der Waals surface area contributed by atoms with Crippen LogP contribution in [0.4, 0.5) is 0 Å². The lowest BCUT2D eigenvalue weighted by atomic mass is 10.2. The number of hydrogen-bond acceptors (Lipinski definition) is 4. The van der Waals surface area contributed by atoms with E-state index in [2.05, 4.69) is 5.32 Å². The van der Waals surface area contributed by atoms with Crippen LogP contribution in [-0.4, -0.2) is 56.1 Å². The van der Waals surface area contributed by atoms with Gasteiger partial charge in [-0.15, -0.1) is 0 Å². The van der Waals surface area contributed by atoms with Crippen molar-refractivity contribution in [3.63, 3.8) is 0 Å². The van der Waals surface area contributed by atoms with E-state index in [1.54, 1.807) is 0 Å². The highest BCUT2D eigenvalue weighted by Gasteiger charge is 2.26. The maximum absolute atomic E-state index is 11.6. The van der Waals surface area contributed by atoms with E-state index in [0.717, 1.165) is 0 Å². The third kappa shape index (κ3) is 2.43. The first-order valence-corrected chi connectivity index (χ1v) is 4.47. The summed E-state index contributed by atoms with van der Waals surface area (Å²) in [5.74, 6) is -0.360. The first-order chi connectivity index (χ1) is 6.69. The molecule has 0 aromatic rings. The molecule has 1 rings (SSSR count). The van der Waals surface area contributed by atoms with Crippen molar-refractivity contribution in [3.8, 4) is 0 Å². The smallest absolute Gasteiger partial charge is 0.253 e. The quantitative estimate of drug-likeness (QED) is 0.549. The molecule has 80 valence electrons. The maximum atomic E-state index is 11.6. The summed E-state index contributed by atoms with van der Waals surface area (Å²) in [4.78, 5) is 24.1. The van der Waals surface area contributed by atoms with Crippen molar-refractivity contribution < 1.29 is 14.3 Å². The molecule has 1 atom stereocenters. The van der Waals surface area contributed by atoms with Gasteiger partial charge in [-0.2, -0.15) is 0 Å². The second kappa shape index (κ2) is 4.92. The molecule has 0 aliphatic carbocycles. The first-order valence-electron chi connectivity index (χ1n) is 4.47. The van der Waals surface area contributed by atoms with Crippen LogP contribution >= 0.6 is 0 Å². The van der Waals surface area contributed by atoms with Crippen molar-refractivity contribution >= 4 is 11.8 Å². The van der Waals surface area contributed by atoms with Gasteiger partial charge < -0.3 is 20.7 Å². The van der Waals surface area contributed by atoms with Crippen molar-refractivity contribution in [2.75, 3.05) is 33.3 Å². The monoisotopic (exact) mass is 201 g/mol. The highest BCUT2D eigenvalue weighted by atomic mass is 16.5. The van der Waals surface area contributed by atoms with Gasteiger partial charge in [-0.05, 0) is 0 Å². The minimum Gasteiger partial charge on any atom is -0.370 e. The van der Waals surface area contributed by atoms with Gasteiger partial charge in [-0.25, -0.2) is 0 Å². The Hall–Kier alpha value is -1.14. The Morgan fingerprint density at radius 1 is 1.79 bits per heavy atom. The zero-order chi connectivity index (χ0) is 10.6. The van der Waals surface area contributed by atoms with Gasteiger partial charge in [0.05, 0.1) is 6.54 Å². The summed E-state index contributed by atoms with van der Waals surface area (Å²) in [5.41, 5.74) is 5.35. The van der Waals surface area contributed by atoms with E-state index in [1.165, 1.54) is 12.0 Å². The number of carbonyl (C=O) groups is 2. The number of amides is 2.